The van der Waals surface area contributed by atoms with E-state index in [9.17, 15) is 4.79 Å². The van der Waals surface area contributed by atoms with Crippen molar-refractivity contribution in [3.63, 3.8) is 0 Å². The first kappa shape index (κ1) is 18.0. The minimum atomic E-state index is -0.610. The lowest BCUT2D eigenvalue weighted by atomic mass is 10.2. The smallest absolute Gasteiger partial charge is 0.263 e. The molecule has 1 aromatic heterocycles. The fourth-order valence-corrected chi connectivity index (χ4v) is 3.04. The van der Waals surface area contributed by atoms with E-state index in [1.54, 1.807) is 42.3 Å². The third kappa shape index (κ3) is 4.06. The molecule has 0 bridgehead atoms. The maximum Gasteiger partial charge on any atom is 0.263 e. The van der Waals surface area contributed by atoms with Crippen molar-refractivity contribution in [3.8, 4) is 11.8 Å². The molecule has 0 aliphatic carbocycles. The lowest BCUT2D eigenvalue weighted by molar-refractivity contribution is -0.138. The summed E-state index contributed by atoms with van der Waals surface area (Å²) in [5.41, 5.74) is 0.579. The van der Waals surface area contributed by atoms with Crippen LogP contribution in [0.2, 0.25) is 5.02 Å². The van der Waals surface area contributed by atoms with E-state index >= 15 is 0 Å². The number of piperazine rings is 1. The summed E-state index contributed by atoms with van der Waals surface area (Å²) in [6, 6.07) is 12.7. The Hall–Kier alpha value is -2.78. The average Bonchev–Trinajstić information content (AvgIpc) is 2.69. The monoisotopic (exact) mass is 370 g/mol. The molecule has 1 fully saturated rings. The summed E-state index contributed by atoms with van der Waals surface area (Å²) in [4.78, 5) is 20.8. The first-order valence-electron chi connectivity index (χ1n) is 8.39. The van der Waals surface area contributed by atoms with Gasteiger partial charge in [-0.25, -0.2) is 4.98 Å². The van der Waals surface area contributed by atoms with Crippen molar-refractivity contribution in [2.24, 2.45) is 0 Å². The second-order valence-electron chi connectivity index (χ2n) is 6.02. The van der Waals surface area contributed by atoms with Crippen LogP contribution in [0.25, 0.3) is 0 Å². The van der Waals surface area contributed by atoms with Gasteiger partial charge in [0.25, 0.3) is 5.91 Å². The first-order chi connectivity index (χ1) is 12.6. The number of ether oxygens (including phenoxy) is 1. The Balaban J connectivity index is 1.58. The van der Waals surface area contributed by atoms with Gasteiger partial charge in [-0.05, 0) is 31.2 Å². The molecule has 1 aliphatic rings. The van der Waals surface area contributed by atoms with E-state index in [2.05, 4.69) is 16.0 Å². The van der Waals surface area contributed by atoms with Gasteiger partial charge in [-0.3, -0.25) is 4.79 Å². The number of anilines is 1. The maximum atomic E-state index is 12.6. The zero-order valence-electron chi connectivity index (χ0n) is 14.4. The fraction of sp³-hybridized carbons (Fsp3) is 0.316. The molecule has 1 unspecified atom stereocenters. The van der Waals surface area contributed by atoms with Crippen LogP contribution in [0.15, 0.2) is 42.6 Å². The van der Waals surface area contributed by atoms with Crippen LogP contribution in [0, 0.1) is 11.3 Å². The summed E-state index contributed by atoms with van der Waals surface area (Å²) < 4.78 is 5.72. The normalized spacial score (nSPS) is 15.3. The van der Waals surface area contributed by atoms with Crippen LogP contribution >= 0.6 is 11.6 Å². The van der Waals surface area contributed by atoms with Gasteiger partial charge < -0.3 is 14.5 Å². The fourth-order valence-electron chi connectivity index (χ4n) is 2.86. The van der Waals surface area contributed by atoms with Crippen molar-refractivity contribution in [1.29, 1.82) is 5.26 Å². The molecule has 1 aliphatic heterocycles. The molecule has 0 spiro atoms. The number of carbonyl (C=O) groups excluding carboxylic acids is 1. The summed E-state index contributed by atoms with van der Waals surface area (Å²) in [6.45, 7) is 4.20. The van der Waals surface area contributed by atoms with Crippen molar-refractivity contribution in [1.82, 2.24) is 9.88 Å². The third-order valence-electron chi connectivity index (χ3n) is 4.28. The highest BCUT2D eigenvalue weighted by Gasteiger charge is 2.27. The molecule has 0 saturated carbocycles. The van der Waals surface area contributed by atoms with Crippen LogP contribution in [-0.4, -0.2) is 48.1 Å². The Morgan fingerprint density at radius 1 is 1.27 bits per heavy atom. The van der Waals surface area contributed by atoms with Gasteiger partial charge in [-0.15, -0.1) is 0 Å². The molecule has 2 aromatic rings. The molecule has 2 heterocycles. The zero-order chi connectivity index (χ0) is 18.5. The van der Waals surface area contributed by atoms with E-state index in [-0.39, 0.29) is 5.91 Å². The zero-order valence-corrected chi connectivity index (χ0v) is 15.2. The van der Waals surface area contributed by atoms with E-state index in [4.69, 9.17) is 21.6 Å². The molecule has 0 N–H and O–H groups in total. The Labute approximate surface area is 157 Å². The summed E-state index contributed by atoms with van der Waals surface area (Å²) in [5, 5.41) is 9.49. The molecule has 6 nitrogen and oxygen atoms in total. The first-order valence-corrected chi connectivity index (χ1v) is 8.77. The van der Waals surface area contributed by atoms with E-state index in [0.717, 1.165) is 5.82 Å². The van der Waals surface area contributed by atoms with E-state index in [1.807, 2.05) is 12.1 Å². The number of carbonyl (C=O) groups is 1. The van der Waals surface area contributed by atoms with E-state index in [0.29, 0.717) is 42.5 Å². The lowest BCUT2D eigenvalue weighted by Gasteiger charge is -2.36. The molecule has 1 saturated heterocycles. The van der Waals surface area contributed by atoms with Gasteiger partial charge in [-0.2, -0.15) is 5.26 Å². The number of hydrogen-bond acceptors (Lipinski definition) is 5. The third-order valence-corrected chi connectivity index (χ3v) is 4.59. The number of rotatable bonds is 4. The SMILES string of the molecule is CC(Oc1ccccc1Cl)C(=O)N1CCN(c2cc(C#N)ccn2)CC1. The minimum absolute atomic E-state index is 0.0664. The van der Waals surface area contributed by atoms with Gasteiger partial charge >= 0.3 is 0 Å². The summed E-state index contributed by atoms with van der Waals surface area (Å²) in [6.07, 6.45) is 1.02. The van der Waals surface area contributed by atoms with E-state index in [1.165, 1.54) is 0 Å². The van der Waals surface area contributed by atoms with Gasteiger partial charge in [-0.1, -0.05) is 23.7 Å². The molecule has 26 heavy (non-hydrogen) atoms. The van der Waals surface area contributed by atoms with Crippen molar-refractivity contribution in [2.45, 2.75) is 13.0 Å². The molecule has 0 radical (unpaired) electrons. The molecular weight excluding hydrogens is 352 g/mol. The quantitative estimate of drug-likeness (QED) is 0.827. The van der Waals surface area contributed by atoms with E-state index < -0.39 is 6.10 Å². The largest absolute Gasteiger partial charge is 0.479 e. The van der Waals surface area contributed by atoms with Gasteiger partial charge in [0.1, 0.15) is 11.6 Å². The topological polar surface area (TPSA) is 69.5 Å². The second-order valence-corrected chi connectivity index (χ2v) is 6.42. The van der Waals surface area contributed by atoms with Crippen LogP contribution in [0.1, 0.15) is 12.5 Å². The summed E-state index contributed by atoms with van der Waals surface area (Å²) in [7, 11) is 0. The Morgan fingerprint density at radius 3 is 2.69 bits per heavy atom. The number of benzene rings is 1. The number of para-hydroxylation sites is 1. The highest BCUT2D eigenvalue weighted by Crippen LogP contribution is 2.24. The Morgan fingerprint density at radius 2 is 2.00 bits per heavy atom. The summed E-state index contributed by atoms with van der Waals surface area (Å²) in [5.74, 6) is 1.20. The van der Waals surface area contributed by atoms with Crippen molar-refractivity contribution in [2.75, 3.05) is 31.1 Å². The van der Waals surface area contributed by atoms with Crippen LogP contribution < -0.4 is 9.64 Å². The van der Waals surface area contributed by atoms with Gasteiger partial charge in [0.2, 0.25) is 0 Å². The molecule has 7 heteroatoms. The standard InChI is InChI=1S/C19H19ClN4O2/c1-14(26-17-5-3-2-4-16(17)20)19(25)24-10-8-23(9-11-24)18-12-15(13-21)6-7-22-18/h2-7,12,14H,8-11H2,1H3. The minimum Gasteiger partial charge on any atom is -0.479 e. The summed E-state index contributed by atoms with van der Waals surface area (Å²) >= 11 is 6.08. The molecule has 1 aromatic carbocycles. The van der Waals surface area contributed by atoms with Crippen molar-refractivity contribution >= 4 is 23.3 Å². The predicted molar refractivity (Wildman–Crippen MR) is 99.3 cm³/mol. The molecule has 1 amide bonds. The molecule has 134 valence electrons. The van der Waals surface area contributed by atoms with Crippen molar-refractivity contribution < 1.29 is 9.53 Å². The highest BCUT2D eigenvalue weighted by molar-refractivity contribution is 6.32. The van der Waals surface area contributed by atoms with Crippen molar-refractivity contribution in [3.05, 3.63) is 53.2 Å². The highest BCUT2D eigenvalue weighted by atomic mass is 35.5. The van der Waals surface area contributed by atoms with Gasteiger partial charge in [0.05, 0.1) is 16.7 Å². The number of nitriles is 1. The van der Waals surface area contributed by atoms with Crippen LogP contribution in [0.3, 0.4) is 0 Å². The van der Waals surface area contributed by atoms with Crippen LogP contribution in [-0.2, 0) is 4.79 Å². The van der Waals surface area contributed by atoms with Gasteiger partial charge in [0, 0.05) is 32.4 Å². The number of aromatic nitrogens is 1. The van der Waals surface area contributed by atoms with Gasteiger partial charge in [0.15, 0.2) is 6.10 Å². The number of amides is 1. The molecular formula is C19H19ClN4O2. The Bertz CT molecular complexity index is 828. The maximum absolute atomic E-state index is 12.6. The lowest BCUT2D eigenvalue weighted by Crippen LogP contribution is -2.52. The molecule has 1 atom stereocenters. The average molecular weight is 371 g/mol. The van der Waals surface area contributed by atoms with Crippen LogP contribution in [0.5, 0.6) is 5.75 Å². The number of halogens is 1. The van der Waals surface area contributed by atoms with Crippen LogP contribution in [0.4, 0.5) is 5.82 Å². The predicted octanol–water partition coefficient (Wildman–Crippen LogP) is 2.72. The molecule has 3 rings (SSSR count). The number of nitrogens with zero attached hydrogens (tertiary/aromatic N) is 4. The number of hydrogen-bond donors (Lipinski definition) is 0. The number of pyridine rings is 1. The Kier molecular flexibility index (Phi) is 5.59. The second kappa shape index (κ2) is 8.07.